The smallest absolute Gasteiger partial charge is 0.0960 e. The summed E-state index contributed by atoms with van der Waals surface area (Å²) in [6.45, 7) is 6.92. The van der Waals surface area contributed by atoms with E-state index in [9.17, 15) is 0 Å². The summed E-state index contributed by atoms with van der Waals surface area (Å²) >= 11 is 1.82. The van der Waals surface area contributed by atoms with E-state index in [1.807, 2.05) is 18.0 Å². The molecule has 0 unspecified atom stereocenters. The van der Waals surface area contributed by atoms with E-state index in [-0.39, 0.29) is 0 Å². The third-order valence-electron chi connectivity index (χ3n) is 2.17. The number of rotatable bonds is 8. The maximum absolute atomic E-state index is 4.97. The van der Waals surface area contributed by atoms with Crippen LogP contribution in [0.25, 0.3) is 0 Å². The lowest BCUT2D eigenvalue weighted by Gasteiger charge is -2.06. The first-order valence-electron chi connectivity index (χ1n) is 5.99. The monoisotopic (exact) mass is 254 g/mol. The molecule has 4 heteroatoms. The van der Waals surface area contributed by atoms with Crippen molar-refractivity contribution in [1.29, 1.82) is 0 Å². The molecule has 0 radical (unpaired) electrons. The fraction of sp³-hybridized carbons (Fsp3) is 0.615. The first-order chi connectivity index (χ1) is 8.22. The quantitative estimate of drug-likeness (QED) is 0.571. The first kappa shape index (κ1) is 14.5. The van der Waals surface area contributed by atoms with E-state index < -0.39 is 0 Å². The predicted octanol–water partition coefficient (Wildman–Crippen LogP) is 2.57. The molecule has 0 saturated carbocycles. The molecule has 0 amide bonds. The molecule has 0 aliphatic heterocycles. The summed E-state index contributed by atoms with van der Waals surface area (Å²) < 4.78 is 4.97. The molecule has 1 rings (SSSR count). The minimum Gasteiger partial charge on any atom is -0.383 e. The zero-order valence-electron chi connectivity index (χ0n) is 10.9. The molecule has 0 aromatic carbocycles. The second kappa shape index (κ2) is 8.50. The molecule has 0 atom stereocenters. The van der Waals surface area contributed by atoms with E-state index in [1.54, 1.807) is 7.11 Å². The summed E-state index contributed by atoms with van der Waals surface area (Å²) in [7, 11) is 1.71. The van der Waals surface area contributed by atoms with Crippen LogP contribution in [0.3, 0.4) is 0 Å². The highest BCUT2D eigenvalue weighted by molar-refractivity contribution is 7.99. The largest absolute Gasteiger partial charge is 0.383 e. The summed E-state index contributed by atoms with van der Waals surface area (Å²) in [5, 5.41) is 4.41. The SMILES string of the molecule is COCCNCc1ccc(SCC(C)C)nc1. The normalized spacial score (nSPS) is 11.1. The van der Waals surface area contributed by atoms with Gasteiger partial charge in [-0.3, -0.25) is 0 Å². The van der Waals surface area contributed by atoms with Gasteiger partial charge in [-0.15, -0.1) is 11.8 Å². The Morgan fingerprint density at radius 3 is 2.82 bits per heavy atom. The molecule has 3 nitrogen and oxygen atoms in total. The van der Waals surface area contributed by atoms with Gasteiger partial charge in [0, 0.05) is 32.1 Å². The van der Waals surface area contributed by atoms with Crippen LogP contribution in [0.5, 0.6) is 0 Å². The molecular formula is C13H22N2OS. The third kappa shape index (κ3) is 6.66. The highest BCUT2D eigenvalue weighted by Crippen LogP contribution is 2.18. The van der Waals surface area contributed by atoms with Gasteiger partial charge in [0.2, 0.25) is 0 Å². The van der Waals surface area contributed by atoms with Crippen LogP contribution in [-0.2, 0) is 11.3 Å². The lowest BCUT2D eigenvalue weighted by Crippen LogP contribution is -2.18. The van der Waals surface area contributed by atoms with Gasteiger partial charge in [0.15, 0.2) is 0 Å². The van der Waals surface area contributed by atoms with Gasteiger partial charge in [-0.25, -0.2) is 4.98 Å². The minimum absolute atomic E-state index is 0.706. The van der Waals surface area contributed by atoms with Crippen LogP contribution in [-0.4, -0.2) is 31.0 Å². The zero-order chi connectivity index (χ0) is 12.5. The molecule has 0 aliphatic rings. The number of nitrogens with zero attached hydrogens (tertiary/aromatic N) is 1. The number of ether oxygens (including phenoxy) is 1. The molecule has 0 fully saturated rings. The number of pyridine rings is 1. The summed E-state index contributed by atoms with van der Waals surface area (Å²) in [6.07, 6.45) is 1.95. The van der Waals surface area contributed by atoms with Crippen LogP contribution in [0.4, 0.5) is 0 Å². The second-order valence-electron chi connectivity index (χ2n) is 4.38. The molecule has 1 aromatic rings. The molecule has 1 aromatic heterocycles. The van der Waals surface area contributed by atoms with Crippen LogP contribution >= 0.6 is 11.8 Å². The van der Waals surface area contributed by atoms with Crippen LogP contribution in [0, 0.1) is 5.92 Å². The Morgan fingerprint density at radius 2 is 2.24 bits per heavy atom. The molecule has 1 heterocycles. The Bertz CT molecular complexity index is 301. The minimum atomic E-state index is 0.706. The van der Waals surface area contributed by atoms with Crippen molar-refractivity contribution in [2.75, 3.05) is 26.0 Å². The highest BCUT2D eigenvalue weighted by atomic mass is 32.2. The van der Waals surface area contributed by atoms with Gasteiger partial charge in [0.05, 0.1) is 11.6 Å². The van der Waals surface area contributed by atoms with Gasteiger partial charge in [0.25, 0.3) is 0 Å². The first-order valence-corrected chi connectivity index (χ1v) is 6.98. The average molecular weight is 254 g/mol. The van der Waals surface area contributed by atoms with Crippen molar-refractivity contribution >= 4 is 11.8 Å². The van der Waals surface area contributed by atoms with Crippen molar-refractivity contribution in [1.82, 2.24) is 10.3 Å². The van der Waals surface area contributed by atoms with E-state index in [0.717, 1.165) is 30.5 Å². The second-order valence-corrected chi connectivity index (χ2v) is 5.42. The van der Waals surface area contributed by atoms with Gasteiger partial charge in [-0.2, -0.15) is 0 Å². The summed E-state index contributed by atoms with van der Waals surface area (Å²) in [4.78, 5) is 4.44. The topological polar surface area (TPSA) is 34.1 Å². The van der Waals surface area contributed by atoms with Gasteiger partial charge in [-0.05, 0) is 17.5 Å². The van der Waals surface area contributed by atoms with Crippen molar-refractivity contribution < 1.29 is 4.74 Å². The van der Waals surface area contributed by atoms with Crippen molar-refractivity contribution in [2.24, 2.45) is 5.92 Å². The number of thioether (sulfide) groups is 1. The molecular weight excluding hydrogens is 232 g/mol. The number of methoxy groups -OCH3 is 1. The van der Waals surface area contributed by atoms with Crippen molar-refractivity contribution in [3.63, 3.8) is 0 Å². The maximum Gasteiger partial charge on any atom is 0.0960 e. The Balaban J connectivity index is 2.29. The number of hydrogen-bond donors (Lipinski definition) is 1. The maximum atomic E-state index is 4.97. The molecule has 96 valence electrons. The van der Waals surface area contributed by atoms with Crippen molar-refractivity contribution in [3.05, 3.63) is 23.9 Å². The van der Waals surface area contributed by atoms with Crippen LogP contribution in [0.1, 0.15) is 19.4 Å². The van der Waals surface area contributed by atoms with E-state index in [0.29, 0.717) is 5.92 Å². The van der Waals surface area contributed by atoms with Gasteiger partial charge >= 0.3 is 0 Å². The third-order valence-corrected chi connectivity index (χ3v) is 3.54. The van der Waals surface area contributed by atoms with Gasteiger partial charge in [0.1, 0.15) is 0 Å². The molecule has 0 saturated heterocycles. The Labute approximate surface area is 108 Å². The summed E-state index contributed by atoms with van der Waals surface area (Å²) in [5.41, 5.74) is 1.22. The van der Waals surface area contributed by atoms with Crippen molar-refractivity contribution in [3.8, 4) is 0 Å². The Morgan fingerprint density at radius 1 is 1.41 bits per heavy atom. The predicted molar refractivity (Wildman–Crippen MR) is 73.4 cm³/mol. The molecule has 0 spiro atoms. The Kier molecular flexibility index (Phi) is 7.24. The number of hydrogen-bond acceptors (Lipinski definition) is 4. The van der Waals surface area contributed by atoms with Gasteiger partial charge < -0.3 is 10.1 Å². The molecule has 1 N–H and O–H groups in total. The summed E-state index contributed by atoms with van der Waals surface area (Å²) in [6, 6.07) is 4.23. The lowest BCUT2D eigenvalue weighted by atomic mass is 10.3. The molecule has 17 heavy (non-hydrogen) atoms. The standard InChI is InChI=1S/C13H22N2OS/c1-11(2)10-17-13-5-4-12(9-15-13)8-14-6-7-16-3/h4-5,9,11,14H,6-8,10H2,1-3H3. The van der Waals surface area contributed by atoms with E-state index in [4.69, 9.17) is 4.74 Å². The summed E-state index contributed by atoms with van der Waals surface area (Å²) in [5.74, 6) is 1.83. The van der Waals surface area contributed by atoms with Crippen molar-refractivity contribution in [2.45, 2.75) is 25.4 Å². The number of nitrogens with one attached hydrogen (secondary N) is 1. The average Bonchev–Trinajstić information content (AvgIpc) is 2.33. The van der Waals surface area contributed by atoms with Crippen LogP contribution < -0.4 is 5.32 Å². The van der Waals surface area contributed by atoms with E-state index in [1.165, 1.54) is 5.56 Å². The number of aromatic nitrogens is 1. The van der Waals surface area contributed by atoms with E-state index >= 15 is 0 Å². The molecule has 0 bridgehead atoms. The van der Waals surface area contributed by atoms with Crippen LogP contribution in [0.2, 0.25) is 0 Å². The van der Waals surface area contributed by atoms with E-state index in [2.05, 4.69) is 36.3 Å². The van der Waals surface area contributed by atoms with Gasteiger partial charge in [-0.1, -0.05) is 19.9 Å². The molecule has 0 aliphatic carbocycles. The lowest BCUT2D eigenvalue weighted by molar-refractivity contribution is 0.199. The fourth-order valence-electron chi connectivity index (χ4n) is 1.26. The van der Waals surface area contributed by atoms with Crippen LogP contribution in [0.15, 0.2) is 23.4 Å². The zero-order valence-corrected chi connectivity index (χ0v) is 11.7. The fourth-order valence-corrected chi connectivity index (χ4v) is 2.06. The highest BCUT2D eigenvalue weighted by Gasteiger charge is 1.99. The Hall–Kier alpha value is -0.580.